The largest absolute Gasteiger partial charge is 0.438 e. The van der Waals surface area contributed by atoms with E-state index in [-0.39, 0.29) is 5.82 Å². The molecule has 1 aromatic heterocycles. The van der Waals surface area contributed by atoms with Crippen LogP contribution in [0.4, 0.5) is 4.39 Å². The molecule has 2 rings (SSSR count). The number of pyridine rings is 1. The number of halogens is 2. The van der Waals surface area contributed by atoms with Gasteiger partial charge in [0.05, 0.1) is 0 Å². The molecule has 0 bridgehead atoms. The van der Waals surface area contributed by atoms with Crippen molar-refractivity contribution in [2.45, 2.75) is 19.2 Å². The van der Waals surface area contributed by atoms with E-state index in [0.29, 0.717) is 11.6 Å². The minimum absolute atomic E-state index is 0.315. The van der Waals surface area contributed by atoms with Gasteiger partial charge in [0.25, 0.3) is 0 Å². The van der Waals surface area contributed by atoms with Crippen LogP contribution in [0.15, 0.2) is 30.5 Å². The van der Waals surface area contributed by atoms with Gasteiger partial charge < -0.3 is 4.74 Å². The molecular weight excluding hydrogens is 297 g/mol. The van der Waals surface area contributed by atoms with Gasteiger partial charge in [-0.1, -0.05) is 22.0 Å². The van der Waals surface area contributed by atoms with Gasteiger partial charge >= 0.3 is 0 Å². The fourth-order valence-electron chi connectivity index (χ4n) is 1.59. The summed E-state index contributed by atoms with van der Waals surface area (Å²) in [7, 11) is 0. The van der Waals surface area contributed by atoms with E-state index in [9.17, 15) is 4.39 Å². The second kappa shape index (κ2) is 5.48. The lowest BCUT2D eigenvalue weighted by Crippen LogP contribution is -1.95. The van der Waals surface area contributed by atoms with Crippen LogP contribution in [0.3, 0.4) is 0 Å². The number of ether oxygens (including phenoxy) is 1. The van der Waals surface area contributed by atoms with Crippen molar-refractivity contribution in [3.63, 3.8) is 0 Å². The van der Waals surface area contributed by atoms with E-state index in [1.165, 1.54) is 12.1 Å². The molecular formula is C14H13BrFNO. The summed E-state index contributed by atoms with van der Waals surface area (Å²) in [5, 5.41) is 0.750. The Morgan fingerprint density at radius 2 is 2.00 bits per heavy atom. The van der Waals surface area contributed by atoms with Crippen LogP contribution in [0.2, 0.25) is 0 Å². The minimum atomic E-state index is -0.315. The molecule has 1 aromatic carbocycles. The van der Waals surface area contributed by atoms with Crippen LogP contribution in [-0.2, 0) is 5.33 Å². The Hall–Kier alpha value is -1.42. The van der Waals surface area contributed by atoms with Crippen LogP contribution in [0.25, 0.3) is 0 Å². The van der Waals surface area contributed by atoms with Crippen molar-refractivity contribution in [1.29, 1.82) is 0 Å². The number of nitrogens with zero attached hydrogens (tertiary/aromatic N) is 1. The highest BCUT2D eigenvalue weighted by Crippen LogP contribution is 2.27. The maximum Gasteiger partial charge on any atom is 0.222 e. The number of rotatable bonds is 3. The molecule has 2 nitrogen and oxygen atoms in total. The number of aromatic nitrogens is 1. The van der Waals surface area contributed by atoms with Crippen molar-refractivity contribution >= 4 is 15.9 Å². The van der Waals surface area contributed by atoms with Gasteiger partial charge in [0.15, 0.2) is 0 Å². The number of benzene rings is 1. The number of hydrogen-bond acceptors (Lipinski definition) is 2. The van der Waals surface area contributed by atoms with E-state index < -0.39 is 0 Å². The van der Waals surface area contributed by atoms with E-state index in [1.54, 1.807) is 12.3 Å². The molecule has 0 N–H and O–H groups in total. The molecule has 0 saturated carbocycles. The lowest BCUT2D eigenvalue weighted by molar-refractivity contribution is 0.450. The van der Waals surface area contributed by atoms with Crippen LogP contribution in [0.5, 0.6) is 11.6 Å². The minimum Gasteiger partial charge on any atom is -0.438 e. The first-order valence-electron chi connectivity index (χ1n) is 5.55. The summed E-state index contributed by atoms with van der Waals surface area (Å²) in [5.74, 6) is 0.691. The van der Waals surface area contributed by atoms with Gasteiger partial charge in [0.2, 0.25) is 5.88 Å². The molecule has 0 aliphatic rings. The lowest BCUT2D eigenvalue weighted by atomic mass is 10.2. The predicted molar refractivity (Wildman–Crippen MR) is 72.8 cm³/mol. The number of hydrogen-bond donors (Lipinski definition) is 0. The van der Waals surface area contributed by atoms with Gasteiger partial charge in [-0.15, -0.1) is 0 Å². The highest BCUT2D eigenvalue weighted by molar-refractivity contribution is 9.08. The van der Waals surface area contributed by atoms with Gasteiger partial charge in [-0.25, -0.2) is 9.37 Å². The molecule has 4 heteroatoms. The van der Waals surface area contributed by atoms with E-state index in [4.69, 9.17) is 4.74 Å². The SMILES string of the molecule is Cc1ccc(F)cc1Oc1ncc(CBr)cc1C. The topological polar surface area (TPSA) is 22.1 Å². The highest BCUT2D eigenvalue weighted by Gasteiger charge is 2.07. The molecule has 1 heterocycles. The first kappa shape index (κ1) is 13.0. The Morgan fingerprint density at radius 1 is 1.22 bits per heavy atom. The maximum atomic E-state index is 13.2. The monoisotopic (exact) mass is 309 g/mol. The van der Waals surface area contributed by atoms with E-state index in [0.717, 1.165) is 22.0 Å². The molecule has 0 radical (unpaired) electrons. The normalized spacial score (nSPS) is 10.4. The van der Waals surface area contributed by atoms with Crippen LogP contribution < -0.4 is 4.74 Å². The molecule has 0 unspecified atom stereocenters. The third-order valence-electron chi connectivity index (χ3n) is 2.60. The summed E-state index contributed by atoms with van der Waals surface area (Å²) in [6, 6.07) is 6.46. The zero-order valence-electron chi connectivity index (χ0n) is 10.2. The van der Waals surface area contributed by atoms with Gasteiger partial charge in [-0.2, -0.15) is 0 Å². The lowest BCUT2D eigenvalue weighted by Gasteiger charge is -2.10. The smallest absolute Gasteiger partial charge is 0.222 e. The Morgan fingerprint density at radius 3 is 2.67 bits per heavy atom. The molecule has 0 spiro atoms. The van der Waals surface area contributed by atoms with Crippen LogP contribution >= 0.6 is 15.9 Å². The second-order valence-corrected chi connectivity index (χ2v) is 4.67. The number of aryl methyl sites for hydroxylation is 2. The average Bonchev–Trinajstić information content (AvgIpc) is 2.36. The summed E-state index contributed by atoms with van der Waals surface area (Å²) in [4.78, 5) is 4.24. The highest BCUT2D eigenvalue weighted by atomic mass is 79.9. The van der Waals surface area contributed by atoms with Crippen molar-refractivity contribution < 1.29 is 9.13 Å². The summed E-state index contributed by atoms with van der Waals surface area (Å²) in [6.07, 6.45) is 1.74. The van der Waals surface area contributed by atoms with Gasteiger partial charge in [-0.3, -0.25) is 0 Å². The fourth-order valence-corrected chi connectivity index (χ4v) is 1.90. The Balaban J connectivity index is 2.31. The first-order chi connectivity index (χ1) is 8.60. The van der Waals surface area contributed by atoms with Crippen molar-refractivity contribution in [3.8, 4) is 11.6 Å². The van der Waals surface area contributed by atoms with Crippen molar-refractivity contribution in [1.82, 2.24) is 4.98 Å². The first-order valence-corrected chi connectivity index (χ1v) is 6.68. The molecule has 0 atom stereocenters. The van der Waals surface area contributed by atoms with Crippen molar-refractivity contribution in [2.75, 3.05) is 0 Å². The summed E-state index contributed by atoms with van der Waals surface area (Å²) in [5.41, 5.74) is 2.88. The van der Waals surface area contributed by atoms with E-state index in [2.05, 4.69) is 20.9 Å². The molecule has 18 heavy (non-hydrogen) atoms. The Kier molecular flexibility index (Phi) is 3.97. The molecule has 94 valence electrons. The maximum absolute atomic E-state index is 13.2. The second-order valence-electron chi connectivity index (χ2n) is 4.11. The average molecular weight is 310 g/mol. The standard InChI is InChI=1S/C14H13BrFNO/c1-9-3-4-12(16)6-13(9)18-14-10(2)5-11(7-15)8-17-14/h3-6,8H,7H2,1-2H3. The van der Waals surface area contributed by atoms with Gasteiger partial charge in [0, 0.05) is 23.2 Å². The van der Waals surface area contributed by atoms with E-state index in [1.807, 2.05) is 19.9 Å². The third kappa shape index (κ3) is 2.88. The van der Waals surface area contributed by atoms with Crippen LogP contribution in [0.1, 0.15) is 16.7 Å². The third-order valence-corrected chi connectivity index (χ3v) is 3.25. The Bertz CT molecular complexity index is 572. The Labute approximate surface area is 114 Å². The predicted octanol–water partition coefficient (Wildman–Crippen LogP) is 4.52. The zero-order chi connectivity index (χ0) is 13.1. The van der Waals surface area contributed by atoms with E-state index >= 15 is 0 Å². The summed E-state index contributed by atoms with van der Waals surface area (Å²) in [6.45, 7) is 3.79. The molecule has 2 aromatic rings. The van der Waals surface area contributed by atoms with Crippen molar-refractivity contribution in [2.24, 2.45) is 0 Å². The molecule has 0 fully saturated rings. The van der Waals surface area contributed by atoms with Crippen molar-refractivity contribution in [3.05, 3.63) is 53.0 Å². The van der Waals surface area contributed by atoms with Gasteiger partial charge in [0.1, 0.15) is 11.6 Å². The van der Waals surface area contributed by atoms with Gasteiger partial charge in [-0.05, 0) is 37.1 Å². The number of alkyl halides is 1. The summed E-state index contributed by atoms with van der Waals surface area (Å²) < 4.78 is 18.8. The zero-order valence-corrected chi connectivity index (χ0v) is 11.8. The van der Waals surface area contributed by atoms with Crippen LogP contribution in [0, 0.1) is 19.7 Å². The fraction of sp³-hybridized carbons (Fsp3) is 0.214. The quantitative estimate of drug-likeness (QED) is 0.777. The molecule has 0 aliphatic heterocycles. The molecule has 0 saturated heterocycles. The summed E-state index contributed by atoms with van der Waals surface area (Å²) >= 11 is 3.37. The molecule has 0 aliphatic carbocycles. The van der Waals surface area contributed by atoms with Crippen LogP contribution in [-0.4, -0.2) is 4.98 Å². The molecule has 0 amide bonds.